The Balaban J connectivity index is 2.58. The molecule has 5 heteroatoms. The summed E-state index contributed by atoms with van der Waals surface area (Å²) >= 11 is 0. The van der Waals surface area contributed by atoms with Crippen LogP contribution >= 0.6 is 0 Å². The molecule has 0 amide bonds. The standard InChI is InChI=1S/C13H25N5/c1-5-10-16-11(6-2)18(17-10)9-7-8-13(3,4)12(14)15/h5-9H2,1-4H3,(H3,14,15). The Kier molecular flexibility index (Phi) is 4.87. The van der Waals surface area contributed by atoms with Gasteiger partial charge in [0, 0.05) is 24.8 Å². The number of hydrogen-bond donors (Lipinski definition) is 2. The molecule has 0 aliphatic rings. The molecule has 18 heavy (non-hydrogen) atoms. The molecule has 0 aromatic carbocycles. The van der Waals surface area contributed by atoms with E-state index in [2.05, 4.69) is 23.9 Å². The Hall–Kier alpha value is -1.39. The van der Waals surface area contributed by atoms with E-state index in [4.69, 9.17) is 11.1 Å². The fourth-order valence-electron chi connectivity index (χ4n) is 1.82. The highest BCUT2D eigenvalue weighted by molar-refractivity contribution is 5.82. The lowest BCUT2D eigenvalue weighted by Crippen LogP contribution is -2.31. The van der Waals surface area contributed by atoms with Gasteiger partial charge in [-0.3, -0.25) is 5.41 Å². The first-order valence-electron chi connectivity index (χ1n) is 6.67. The fourth-order valence-corrected chi connectivity index (χ4v) is 1.82. The van der Waals surface area contributed by atoms with Crippen molar-refractivity contribution in [2.45, 2.75) is 59.9 Å². The van der Waals surface area contributed by atoms with Gasteiger partial charge in [0.05, 0.1) is 5.84 Å². The summed E-state index contributed by atoms with van der Waals surface area (Å²) in [6.07, 6.45) is 3.64. The zero-order chi connectivity index (χ0) is 13.8. The second-order valence-electron chi connectivity index (χ2n) is 5.28. The van der Waals surface area contributed by atoms with Gasteiger partial charge in [-0.25, -0.2) is 9.67 Å². The molecule has 0 spiro atoms. The summed E-state index contributed by atoms with van der Waals surface area (Å²) in [6, 6.07) is 0. The van der Waals surface area contributed by atoms with Crippen LogP contribution in [0.5, 0.6) is 0 Å². The van der Waals surface area contributed by atoms with Crippen LogP contribution in [0.25, 0.3) is 0 Å². The van der Waals surface area contributed by atoms with Crippen molar-refractivity contribution in [2.75, 3.05) is 0 Å². The summed E-state index contributed by atoms with van der Waals surface area (Å²) in [7, 11) is 0. The van der Waals surface area contributed by atoms with E-state index >= 15 is 0 Å². The molecule has 3 N–H and O–H groups in total. The van der Waals surface area contributed by atoms with Gasteiger partial charge in [-0.15, -0.1) is 0 Å². The van der Waals surface area contributed by atoms with Crippen LogP contribution in [0.4, 0.5) is 0 Å². The Morgan fingerprint density at radius 1 is 1.33 bits per heavy atom. The maximum absolute atomic E-state index is 7.54. The minimum Gasteiger partial charge on any atom is -0.387 e. The highest BCUT2D eigenvalue weighted by atomic mass is 15.3. The van der Waals surface area contributed by atoms with E-state index in [1.165, 1.54) is 0 Å². The van der Waals surface area contributed by atoms with Gasteiger partial charge in [-0.2, -0.15) is 5.10 Å². The number of aryl methyl sites for hydroxylation is 3. The molecule has 1 heterocycles. The number of nitrogens with one attached hydrogen (secondary N) is 1. The highest BCUT2D eigenvalue weighted by Crippen LogP contribution is 2.22. The van der Waals surface area contributed by atoms with E-state index in [0.29, 0.717) is 0 Å². The van der Waals surface area contributed by atoms with Crippen LogP contribution in [-0.4, -0.2) is 20.6 Å². The highest BCUT2D eigenvalue weighted by Gasteiger charge is 2.21. The van der Waals surface area contributed by atoms with Crippen molar-refractivity contribution in [1.29, 1.82) is 5.41 Å². The van der Waals surface area contributed by atoms with Crippen LogP contribution < -0.4 is 5.73 Å². The molecule has 1 aromatic heterocycles. The first-order valence-corrected chi connectivity index (χ1v) is 6.67. The van der Waals surface area contributed by atoms with Crippen LogP contribution in [0, 0.1) is 10.8 Å². The zero-order valence-corrected chi connectivity index (χ0v) is 12.0. The predicted molar refractivity (Wildman–Crippen MR) is 73.7 cm³/mol. The van der Waals surface area contributed by atoms with Crippen LogP contribution in [-0.2, 0) is 19.4 Å². The largest absolute Gasteiger partial charge is 0.387 e. The van der Waals surface area contributed by atoms with Gasteiger partial charge in [0.15, 0.2) is 5.82 Å². The molecule has 1 rings (SSSR count). The van der Waals surface area contributed by atoms with Gasteiger partial charge < -0.3 is 5.73 Å². The number of nitrogens with zero attached hydrogens (tertiary/aromatic N) is 3. The van der Waals surface area contributed by atoms with Crippen molar-refractivity contribution >= 4 is 5.84 Å². The third kappa shape index (κ3) is 3.55. The average Bonchev–Trinajstić information content (AvgIpc) is 2.71. The Morgan fingerprint density at radius 2 is 2.00 bits per heavy atom. The monoisotopic (exact) mass is 251 g/mol. The minimum absolute atomic E-state index is 0.222. The summed E-state index contributed by atoms with van der Waals surface area (Å²) in [5.41, 5.74) is 5.36. The molecule has 1 aromatic rings. The lowest BCUT2D eigenvalue weighted by atomic mass is 9.87. The van der Waals surface area contributed by atoms with E-state index in [0.717, 1.165) is 43.9 Å². The lowest BCUT2D eigenvalue weighted by molar-refractivity contribution is 0.414. The van der Waals surface area contributed by atoms with Crippen LogP contribution in [0.2, 0.25) is 0 Å². The number of amidine groups is 1. The van der Waals surface area contributed by atoms with Crippen molar-refractivity contribution in [2.24, 2.45) is 11.1 Å². The average molecular weight is 251 g/mol. The first-order chi connectivity index (χ1) is 8.40. The predicted octanol–water partition coefficient (Wildman–Crippen LogP) is 2.15. The summed E-state index contributed by atoms with van der Waals surface area (Å²) in [4.78, 5) is 4.48. The van der Waals surface area contributed by atoms with Crippen molar-refractivity contribution in [1.82, 2.24) is 14.8 Å². The normalized spacial score (nSPS) is 11.8. The van der Waals surface area contributed by atoms with Gasteiger partial charge in [0.25, 0.3) is 0 Å². The molecule has 102 valence electrons. The molecule has 0 fully saturated rings. The van der Waals surface area contributed by atoms with E-state index in [9.17, 15) is 0 Å². The zero-order valence-electron chi connectivity index (χ0n) is 12.0. The van der Waals surface area contributed by atoms with E-state index < -0.39 is 0 Å². The molecule has 0 aliphatic heterocycles. The topological polar surface area (TPSA) is 80.6 Å². The number of aromatic nitrogens is 3. The van der Waals surface area contributed by atoms with Gasteiger partial charge in [-0.05, 0) is 12.8 Å². The Bertz CT molecular complexity index is 406. The van der Waals surface area contributed by atoms with Gasteiger partial charge in [0.2, 0.25) is 0 Å². The molecule has 0 saturated heterocycles. The molecule has 5 nitrogen and oxygen atoms in total. The molecule has 0 aliphatic carbocycles. The quantitative estimate of drug-likeness (QED) is 0.575. The maximum Gasteiger partial charge on any atom is 0.150 e. The second kappa shape index (κ2) is 5.98. The molecular formula is C13H25N5. The summed E-state index contributed by atoms with van der Waals surface area (Å²) in [6.45, 7) is 9.04. The van der Waals surface area contributed by atoms with Crippen molar-refractivity contribution in [3.8, 4) is 0 Å². The van der Waals surface area contributed by atoms with Crippen molar-refractivity contribution in [3.63, 3.8) is 0 Å². The van der Waals surface area contributed by atoms with Crippen LogP contribution in [0.15, 0.2) is 0 Å². The molecule has 0 atom stereocenters. The number of rotatable bonds is 7. The smallest absolute Gasteiger partial charge is 0.150 e. The van der Waals surface area contributed by atoms with Crippen molar-refractivity contribution in [3.05, 3.63) is 11.6 Å². The molecular weight excluding hydrogens is 226 g/mol. The number of nitrogens with two attached hydrogens (primary N) is 1. The molecule has 0 saturated carbocycles. The number of hydrogen-bond acceptors (Lipinski definition) is 3. The Morgan fingerprint density at radius 3 is 2.50 bits per heavy atom. The first kappa shape index (κ1) is 14.7. The minimum atomic E-state index is -0.222. The maximum atomic E-state index is 7.54. The molecule has 0 radical (unpaired) electrons. The molecule has 0 unspecified atom stereocenters. The van der Waals surface area contributed by atoms with Gasteiger partial charge in [0.1, 0.15) is 5.82 Å². The third-order valence-electron chi connectivity index (χ3n) is 3.33. The summed E-state index contributed by atoms with van der Waals surface area (Å²) in [5.74, 6) is 2.22. The Labute approximate surface area is 109 Å². The van der Waals surface area contributed by atoms with Crippen LogP contribution in [0.3, 0.4) is 0 Å². The summed E-state index contributed by atoms with van der Waals surface area (Å²) in [5, 5.41) is 12.0. The summed E-state index contributed by atoms with van der Waals surface area (Å²) < 4.78 is 2.00. The molecule has 0 bridgehead atoms. The third-order valence-corrected chi connectivity index (χ3v) is 3.33. The second-order valence-corrected chi connectivity index (χ2v) is 5.28. The fraction of sp³-hybridized carbons (Fsp3) is 0.769. The van der Waals surface area contributed by atoms with Gasteiger partial charge in [-0.1, -0.05) is 27.7 Å². The van der Waals surface area contributed by atoms with E-state index in [1.54, 1.807) is 0 Å². The van der Waals surface area contributed by atoms with E-state index in [1.807, 2.05) is 18.5 Å². The SMILES string of the molecule is CCc1nc(CC)n(CCCC(C)(C)C(=N)N)n1. The van der Waals surface area contributed by atoms with Crippen molar-refractivity contribution < 1.29 is 0 Å². The van der Waals surface area contributed by atoms with E-state index in [-0.39, 0.29) is 11.3 Å². The van der Waals surface area contributed by atoms with Crippen LogP contribution in [0.1, 0.15) is 52.2 Å². The van der Waals surface area contributed by atoms with Gasteiger partial charge >= 0.3 is 0 Å². The lowest BCUT2D eigenvalue weighted by Gasteiger charge is -2.22.